The van der Waals surface area contributed by atoms with Gasteiger partial charge in [0.15, 0.2) is 5.89 Å². The molecule has 1 N–H and O–H groups in total. The molecule has 1 atom stereocenters. The maximum absolute atomic E-state index is 12.5. The Morgan fingerprint density at radius 1 is 1.35 bits per heavy atom. The quantitative estimate of drug-likeness (QED) is 0.940. The van der Waals surface area contributed by atoms with Crippen LogP contribution >= 0.6 is 0 Å². The van der Waals surface area contributed by atoms with Gasteiger partial charge in [-0.1, -0.05) is 44.2 Å². The zero-order chi connectivity index (χ0) is 16.4. The van der Waals surface area contributed by atoms with Crippen molar-refractivity contribution in [1.82, 2.24) is 9.88 Å². The van der Waals surface area contributed by atoms with Crippen molar-refractivity contribution >= 4 is 5.91 Å². The highest BCUT2D eigenvalue weighted by atomic mass is 16.4. The van der Waals surface area contributed by atoms with Crippen LogP contribution in [0.25, 0.3) is 0 Å². The first-order chi connectivity index (χ1) is 11.0. The average molecular weight is 314 g/mol. The topological polar surface area (TPSA) is 66.6 Å². The second kappa shape index (κ2) is 6.54. The Bertz CT molecular complexity index is 679. The van der Waals surface area contributed by atoms with E-state index in [1.54, 1.807) is 4.90 Å². The van der Waals surface area contributed by atoms with Crippen LogP contribution in [-0.4, -0.2) is 33.5 Å². The highest BCUT2D eigenvalue weighted by molar-refractivity contribution is 5.81. The minimum atomic E-state index is -1.02. The van der Waals surface area contributed by atoms with Gasteiger partial charge in [0, 0.05) is 25.3 Å². The molecule has 0 radical (unpaired) electrons. The summed E-state index contributed by atoms with van der Waals surface area (Å²) in [4.78, 5) is 18.6. The Morgan fingerprint density at radius 3 is 2.78 bits per heavy atom. The zero-order valence-corrected chi connectivity index (χ0v) is 13.5. The van der Waals surface area contributed by atoms with Crippen molar-refractivity contribution in [2.45, 2.75) is 45.3 Å². The lowest BCUT2D eigenvalue weighted by Gasteiger charge is -2.27. The van der Waals surface area contributed by atoms with E-state index >= 15 is 0 Å². The lowest BCUT2D eigenvalue weighted by molar-refractivity contribution is -0.141. The molecule has 0 fully saturated rings. The monoisotopic (exact) mass is 314 g/mol. The van der Waals surface area contributed by atoms with E-state index in [4.69, 9.17) is 4.42 Å². The second-order valence-electron chi connectivity index (χ2n) is 6.29. The Balaban J connectivity index is 1.66. The van der Waals surface area contributed by atoms with Crippen LogP contribution in [0, 0.1) is 0 Å². The van der Waals surface area contributed by atoms with Crippen LogP contribution in [0.3, 0.4) is 0 Å². The van der Waals surface area contributed by atoms with Crippen molar-refractivity contribution in [3.63, 3.8) is 0 Å². The molecule has 0 spiro atoms. The first kappa shape index (κ1) is 15.7. The number of fused-ring (bicyclic) bond motifs is 1. The molecule has 0 saturated carbocycles. The fourth-order valence-corrected chi connectivity index (χ4v) is 2.79. The number of carbonyl (C=O) groups is 1. The van der Waals surface area contributed by atoms with Gasteiger partial charge < -0.3 is 14.4 Å². The fourth-order valence-electron chi connectivity index (χ4n) is 2.79. The molecule has 0 saturated heterocycles. The maximum Gasteiger partial charge on any atom is 0.252 e. The average Bonchev–Trinajstić information content (AvgIpc) is 2.98. The van der Waals surface area contributed by atoms with Gasteiger partial charge in [0.2, 0.25) is 0 Å². The Labute approximate surface area is 135 Å². The molecule has 0 aliphatic carbocycles. The molecule has 1 amide bonds. The van der Waals surface area contributed by atoms with Crippen LogP contribution in [0.1, 0.15) is 42.7 Å². The number of carbonyl (C=O) groups excluding carboxylic acids is 1. The van der Waals surface area contributed by atoms with E-state index in [0.29, 0.717) is 31.8 Å². The third-order valence-corrected chi connectivity index (χ3v) is 4.11. The second-order valence-corrected chi connectivity index (χ2v) is 6.29. The normalized spacial score (nSPS) is 15.6. The van der Waals surface area contributed by atoms with Crippen LogP contribution in [0.15, 0.2) is 34.7 Å². The molecular weight excluding hydrogens is 292 g/mol. The minimum Gasteiger partial charge on any atom is -0.445 e. The third kappa shape index (κ3) is 3.45. The summed E-state index contributed by atoms with van der Waals surface area (Å²) in [5.41, 5.74) is 1.77. The summed E-state index contributed by atoms with van der Waals surface area (Å²) >= 11 is 0. The van der Waals surface area contributed by atoms with E-state index in [-0.39, 0.29) is 11.8 Å². The predicted octanol–water partition coefficient (Wildman–Crippen LogP) is 2.29. The SMILES string of the molecule is CC(C)c1nc2c(o1)CCN(C(=O)[C@@H](O)Cc1ccccc1)C2. The Morgan fingerprint density at radius 2 is 2.09 bits per heavy atom. The van der Waals surface area contributed by atoms with Crippen LogP contribution in [0.5, 0.6) is 0 Å². The van der Waals surface area contributed by atoms with Gasteiger partial charge in [-0.05, 0) is 5.56 Å². The molecule has 1 aliphatic rings. The van der Waals surface area contributed by atoms with E-state index < -0.39 is 6.10 Å². The highest BCUT2D eigenvalue weighted by Crippen LogP contribution is 2.24. The number of nitrogens with zero attached hydrogens (tertiary/aromatic N) is 2. The van der Waals surface area contributed by atoms with E-state index in [1.807, 2.05) is 44.2 Å². The van der Waals surface area contributed by atoms with Crippen molar-refractivity contribution in [2.75, 3.05) is 6.54 Å². The van der Waals surface area contributed by atoms with Gasteiger partial charge in [0.25, 0.3) is 5.91 Å². The largest absolute Gasteiger partial charge is 0.445 e. The van der Waals surface area contributed by atoms with Gasteiger partial charge >= 0.3 is 0 Å². The van der Waals surface area contributed by atoms with Gasteiger partial charge in [-0.25, -0.2) is 4.98 Å². The number of benzene rings is 1. The molecule has 5 heteroatoms. The molecule has 5 nitrogen and oxygen atoms in total. The molecule has 3 rings (SSSR count). The minimum absolute atomic E-state index is 0.230. The van der Waals surface area contributed by atoms with E-state index in [9.17, 15) is 9.90 Å². The summed E-state index contributed by atoms with van der Waals surface area (Å²) in [6, 6.07) is 9.56. The number of rotatable bonds is 4. The van der Waals surface area contributed by atoms with Crippen molar-refractivity contribution < 1.29 is 14.3 Å². The van der Waals surface area contributed by atoms with Crippen molar-refractivity contribution in [3.05, 3.63) is 53.2 Å². The summed E-state index contributed by atoms with van der Waals surface area (Å²) in [7, 11) is 0. The standard InChI is InChI=1S/C18H22N2O3/c1-12(2)17-19-14-11-20(9-8-16(14)23-17)18(22)15(21)10-13-6-4-3-5-7-13/h3-7,12,15,21H,8-11H2,1-2H3/t15-/m0/s1. The summed E-state index contributed by atoms with van der Waals surface area (Å²) in [5.74, 6) is 1.58. The first-order valence-electron chi connectivity index (χ1n) is 8.04. The van der Waals surface area contributed by atoms with Gasteiger partial charge in [0.05, 0.1) is 6.54 Å². The molecule has 0 unspecified atom stereocenters. The maximum atomic E-state index is 12.5. The molecule has 23 heavy (non-hydrogen) atoms. The summed E-state index contributed by atoms with van der Waals surface area (Å²) in [5, 5.41) is 10.2. The van der Waals surface area contributed by atoms with Crippen LogP contribution in [-0.2, 0) is 24.2 Å². The number of hydrogen-bond acceptors (Lipinski definition) is 4. The number of aromatic nitrogens is 1. The first-order valence-corrected chi connectivity index (χ1v) is 8.04. The van der Waals surface area contributed by atoms with Crippen LogP contribution in [0.2, 0.25) is 0 Å². The molecule has 2 aromatic rings. The van der Waals surface area contributed by atoms with E-state index in [2.05, 4.69) is 4.98 Å². The lowest BCUT2D eigenvalue weighted by Crippen LogP contribution is -2.42. The molecule has 0 bridgehead atoms. The number of oxazole rings is 1. The Hall–Kier alpha value is -2.14. The lowest BCUT2D eigenvalue weighted by atomic mass is 10.1. The third-order valence-electron chi connectivity index (χ3n) is 4.11. The Kier molecular flexibility index (Phi) is 4.48. The van der Waals surface area contributed by atoms with Crippen molar-refractivity contribution in [2.24, 2.45) is 0 Å². The van der Waals surface area contributed by atoms with E-state index in [1.165, 1.54) is 0 Å². The van der Waals surface area contributed by atoms with Gasteiger partial charge in [-0.15, -0.1) is 0 Å². The molecule has 1 aromatic heterocycles. The molecule has 1 aromatic carbocycles. The smallest absolute Gasteiger partial charge is 0.252 e. The summed E-state index contributed by atoms with van der Waals surface area (Å²) in [6.45, 7) is 5.04. The van der Waals surface area contributed by atoms with Gasteiger partial charge in [0.1, 0.15) is 17.6 Å². The zero-order valence-electron chi connectivity index (χ0n) is 13.5. The van der Waals surface area contributed by atoms with Crippen LogP contribution in [0.4, 0.5) is 0 Å². The number of aliphatic hydroxyl groups excluding tert-OH is 1. The fraction of sp³-hybridized carbons (Fsp3) is 0.444. The van der Waals surface area contributed by atoms with E-state index in [0.717, 1.165) is 17.0 Å². The number of aliphatic hydroxyl groups is 1. The van der Waals surface area contributed by atoms with Crippen molar-refractivity contribution in [3.8, 4) is 0 Å². The molecule has 122 valence electrons. The number of amides is 1. The summed E-state index contributed by atoms with van der Waals surface area (Å²) < 4.78 is 5.74. The highest BCUT2D eigenvalue weighted by Gasteiger charge is 2.29. The molecule has 2 heterocycles. The number of hydrogen-bond donors (Lipinski definition) is 1. The molecule has 1 aliphatic heterocycles. The predicted molar refractivity (Wildman–Crippen MR) is 85.9 cm³/mol. The van der Waals surface area contributed by atoms with Crippen molar-refractivity contribution in [1.29, 1.82) is 0 Å². The van der Waals surface area contributed by atoms with Gasteiger partial charge in [-0.2, -0.15) is 0 Å². The molecular formula is C18H22N2O3. The van der Waals surface area contributed by atoms with Crippen LogP contribution < -0.4 is 0 Å². The summed E-state index contributed by atoms with van der Waals surface area (Å²) in [6.07, 6.45) is -0.0341. The van der Waals surface area contributed by atoms with Gasteiger partial charge in [-0.3, -0.25) is 4.79 Å².